The third-order valence-electron chi connectivity index (χ3n) is 4.79. The number of carbonyl (C=O) groups is 1. The van der Waals surface area contributed by atoms with E-state index in [0.29, 0.717) is 43.5 Å². The van der Waals surface area contributed by atoms with Gasteiger partial charge in [-0.25, -0.2) is 9.97 Å². The monoisotopic (exact) mass is 440 g/mol. The lowest BCUT2D eigenvalue weighted by atomic mass is 10.1. The number of aromatic nitrogens is 2. The summed E-state index contributed by atoms with van der Waals surface area (Å²) in [5.41, 5.74) is 8.93. The molecule has 1 atom stereocenters. The molecule has 0 unspecified atom stereocenters. The van der Waals surface area contributed by atoms with Crippen molar-refractivity contribution >= 4 is 22.6 Å². The first kappa shape index (κ1) is 23.3. The Bertz CT molecular complexity index is 1050. The van der Waals surface area contributed by atoms with Crippen LogP contribution in [0.1, 0.15) is 41.9 Å². The number of nitrogens with zero attached hydrogens (tertiary/aromatic N) is 4. The van der Waals surface area contributed by atoms with E-state index in [4.69, 9.17) is 19.9 Å². The zero-order valence-electron chi connectivity index (χ0n) is 18.4. The molecule has 3 heterocycles. The maximum absolute atomic E-state index is 13.0. The van der Waals surface area contributed by atoms with Crippen LogP contribution in [0.4, 0.5) is 5.82 Å². The summed E-state index contributed by atoms with van der Waals surface area (Å²) >= 11 is 0. The van der Waals surface area contributed by atoms with Gasteiger partial charge in [-0.15, -0.1) is 5.11 Å². The SMILES string of the molecule is C=C(N=NC(=C)[C@@H](COCCC)NC(=O)c1cc2c3c(c(N)nc2cn1)COC3)OCC. The van der Waals surface area contributed by atoms with Crippen molar-refractivity contribution in [1.29, 1.82) is 0 Å². The van der Waals surface area contributed by atoms with E-state index in [1.54, 1.807) is 6.07 Å². The average Bonchev–Trinajstić information content (AvgIpc) is 3.28. The lowest BCUT2D eigenvalue weighted by Gasteiger charge is -2.18. The normalized spacial score (nSPS) is 13.8. The summed E-state index contributed by atoms with van der Waals surface area (Å²) in [4.78, 5) is 21.6. The van der Waals surface area contributed by atoms with Crippen LogP contribution < -0.4 is 11.1 Å². The van der Waals surface area contributed by atoms with E-state index in [-0.39, 0.29) is 18.2 Å². The molecule has 0 aromatic carbocycles. The minimum Gasteiger partial charge on any atom is -0.477 e. The molecule has 170 valence electrons. The number of carbonyl (C=O) groups excluding carboxylic acids is 1. The maximum atomic E-state index is 13.0. The predicted molar refractivity (Wildman–Crippen MR) is 120 cm³/mol. The Balaban J connectivity index is 1.80. The van der Waals surface area contributed by atoms with Crippen molar-refractivity contribution in [3.63, 3.8) is 0 Å². The molecule has 0 fully saturated rings. The molecule has 10 nitrogen and oxygen atoms in total. The van der Waals surface area contributed by atoms with Gasteiger partial charge >= 0.3 is 0 Å². The maximum Gasteiger partial charge on any atom is 0.270 e. The Kier molecular flexibility index (Phi) is 7.85. The number of nitrogens with one attached hydrogen (secondary N) is 1. The number of anilines is 1. The first-order valence-electron chi connectivity index (χ1n) is 10.4. The highest BCUT2D eigenvalue weighted by molar-refractivity contribution is 5.97. The minimum absolute atomic E-state index is 0.159. The number of hydrogen-bond acceptors (Lipinski definition) is 9. The molecule has 32 heavy (non-hydrogen) atoms. The van der Waals surface area contributed by atoms with Crippen LogP contribution in [0.5, 0.6) is 0 Å². The van der Waals surface area contributed by atoms with Crippen molar-refractivity contribution in [1.82, 2.24) is 15.3 Å². The standard InChI is InChI=1S/C22H28N6O4/c1-5-7-30-12-20(13(3)27-28-14(4)32-6-2)26-22(29)18-8-15-16-10-31-11-17(16)21(23)25-19(15)9-24-18/h8-9,20H,3-7,10-12H2,1-2H3,(H2,23,25)(H,26,29)/t20-/m1/s1. The predicted octanol–water partition coefficient (Wildman–Crippen LogP) is 3.24. The Morgan fingerprint density at radius 2 is 2.09 bits per heavy atom. The lowest BCUT2D eigenvalue weighted by molar-refractivity contribution is 0.0862. The number of azo groups is 1. The van der Waals surface area contributed by atoms with Crippen LogP contribution in [0.3, 0.4) is 0 Å². The second-order valence-electron chi connectivity index (χ2n) is 7.15. The average molecular weight is 441 g/mol. The fourth-order valence-corrected chi connectivity index (χ4v) is 3.18. The van der Waals surface area contributed by atoms with Crippen molar-refractivity contribution in [2.24, 2.45) is 10.2 Å². The number of ether oxygens (including phenoxy) is 3. The lowest BCUT2D eigenvalue weighted by Crippen LogP contribution is -2.39. The number of rotatable bonds is 11. The van der Waals surface area contributed by atoms with Crippen LogP contribution >= 0.6 is 0 Å². The zero-order valence-corrected chi connectivity index (χ0v) is 18.4. The Labute approximate surface area is 186 Å². The van der Waals surface area contributed by atoms with Crippen LogP contribution in [0.2, 0.25) is 0 Å². The molecular weight excluding hydrogens is 412 g/mol. The van der Waals surface area contributed by atoms with Crippen molar-refractivity contribution < 1.29 is 19.0 Å². The van der Waals surface area contributed by atoms with E-state index in [2.05, 4.69) is 38.7 Å². The Morgan fingerprint density at radius 1 is 1.31 bits per heavy atom. The molecule has 0 saturated heterocycles. The van der Waals surface area contributed by atoms with Crippen molar-refractivity contribution in [2.45, 2.75) is 39.5 Å². The fourth-order valence-electron chi connectivity index (χ4n) is 3.18. The van der Waals surface area contributed by atoms with Gasteiger partial charge in [0.1, 0.15) is 11.5 Å². The van der Waals surface area contributed by atoms with Gasteiger partial charge in [-0.1, -0.05) is 13.5 Å². The van der Waals surface area contributed by atoms with Crippen LogP contribution in [0, 0.1) is 0 Å². The molecule has 10 heteroatoms. The van der Waals surface area contributed by atoms with Gasteiger partial charge in [0.15, 0.2) is 0 Å². The molecule has 2 aromatic heterocycles. The van der Waals surface area contributed by atoms with Gasteiger partial charge in [0.2, 0.25) is 5.88 Å². The first-order chi connectivity index (χ1) is 15.4. The van der Waals surface area contributed by atoms with Crippen molar-refractivity contribution in [2.75, 3.05) is 25.6 Å². The van der Waals surface area contributed by atoms with Crippen LogP contribution in [0.25, 0.3) is 10.9 Å². The summed E-state index contributed by atoms with van der Waals surface area (Å²) in [6.45, 7) is 13.3. The molecule has 0 saturated carbocycles. The fraction of sp³-hybridized carbons (Fsp3) is 0.409. The second-order valence-corrected chi connectivity index (χ2v) is 7.15. The largest absolute Gasteiger partial charge is 0.477 e. The molecule has 1 amide bonds. The van der Waals surface area contributed by atoms with Crippen molar-refractivity contribution in [3.05, 3.63) is 53.8 Å². The van der Waals surface area contributed by atoms with Gasteiger partial charge in [0.25, 0.3) is 5.91 Å². The van der Waals surface area contributed by atoms with E-state index in [9.17, 15) is 4.79 Å². The molecule has 0 spiro atoms. The Hall–Kier alpha value is -3.37. The van der Waals surface area contributed by atoms with E-state index in [1.807, 2.05) is 13.8 Å². The number of nitrogen functional groups attached to an aromatic ring is 1. The van der Waals surface area contributed by atoms with Crippen molar-refractivity contribution in [3.8, 4) is 0 Å². The summed E-state index contributed by atoms with van der Waals surface area (Å²) in [6, 6.07) is 1.08. The molecule has 1 aliphatic rings. The highest BCUT2D eigenvalue weighted by atomic mass is 16.5. The van der Waals surface area contributed by atoms with Gasteiger partial charge in [0, 0.05) is 17.6 Å². The van der Waals surface area contributed by atoms with E-state index < -0.39 is 11.9 Å². The van der Waals surface area contributed by atoms with Crippen LogP contribution in [0.15, 0.2) is 47.2 Å². The summed E-state index contributed by atoms with van der Waals surface area (Å²) in [6.07, 6.45) is 2.37. The summed E-state index contributed by atoms with van der Waals surface area (Å²) in [5.74, 6) is 0.182. The summed E-state index contributed by atoms with van der Waals surface area (Å²) in [5, 5.41) is 11.6. The third kappa shape index (κ3) is 5.45. The number of nitrogens with two attached hydrogens (primary N) is 1. The minimum atomic E-state index is -0.608. The molecule has 0 aliphatic carbocycles. The third-order valence-corrected chi connectivity index (χ3v) is 4.79. The molecular formula is C22H28N6O4. The second kappa shape index (κ2) is 10.8. The number of pyridine rings is 2. The van der Waals surface area contributed by atoms with Gasteiger partial charge in [-0.05, 0) is 31.6 Å². The molecule has 3 rings (SSSR count). The van der Waals surface area contributed by atoms with E-state index in [0.717, 1.165) is 22.9 Å². The van der Waals surface area contributed by atoms with Gasteiger partial charge < -0.3 is 25.3 Å². The molecule has 1 aliphatic heterocycles. The number of hydrogen-bond donors (Lipinski definition) is 2. The number of amides is 1. The van der Waals surface area contributed by atoms with Gasteiger partial charge in [-0.3, -0.25) is 4.79 Å². The quantitative estimate of drug-likeness (QED) is 0.311. The summed E-state index contributed by atoms with van der Waals surface area (Å²) < 4.78 is 16.3. The van der Waals surface area contributed by atoms with Gasteiger partial charge in [-0.2, -0.15) is 5.11 Å². The summed E-state index contributed by atoms with van der Waals surface area (Å²) in [7, 11) is 0. The number of fused-ring (bicyclic) bond motifs is 3. The highest BCUT2D eigenvalue weighted by Gasteiger charge is 2.22. The van der Waals surface area contributed by atoms with Crippen LogP contribution in [-0.2, 0) is 27.4 Å². The van der Waals surface area contributed by atoms with E-state index >= 15 is 0 Å². The zero-order chi connectivity index (χ0) is 23.1. The van der Waals surface area contributed by atoms with Gasteiger partial charge in [0.05, 0.1) is 49.9 Å². The topological polar surface area (TPSA) is 133 Å². The van der Waals surface area contributed by atoms with E-state index in [1.165, 1.54) is 6.20 Å². The molecule has 0 bridgehead atoms. The molecule has 2 aromatic rings. The smallest absolute Gasteiger partial charge is 0.270 e. The Morgan fingerprint density at radius 3 is 2.84 bits per heavy atom. The first-order valence-corrected chi connectivity index (χ1v) is 10.4. The molecule has 0 radical (unpaired) electrons. The van der Waals surface area contributed by atoms with Crippen LogP contribution in [-0.4, -0.2) is 41.7 Å². The highest BCUT2D eigenvalue weighted by Crippen LogP contribution is 2.31. The molecule has 3 N–H and O–H groups in total.